The molecule has 0 nitrogen and oxygen atoms in total. The predicted octanol–water partition coefficient (Wildman–Crippen LogP) is 15.5. The molecule has 0 aliphatic heterocycles. The third-order valence-electron chi connectivity index (χ3n) is 11.9. The van der Waals surface area contributed by atoms with Gasteiger partial charge >= 0.3 is 0 Å². The van der Waals surface area contributed by atoms with Crippen molar-refractivity contribution in [3.63, 3.8) is 0 Å². The van der Waals surface area contributed by atoms with Gasteiger partial charge in [-0.25, -0.2) is 0 Å². The number of benzene rings is 10. The van der Waals surface area contributed by atoms with E-state index in [0.29, 0.717) is 0 Å². The molecular formula is C57H38. The highest BCUT2D eigenvalue weighted by Gasteiger charge is 2.30. The van der Waals surface area contributed by atoms with Crippen molar-refractivity contribution < 1.29 is 0 Å². The van der Waals surface area contributed by atoms with Crippen LogP contribution in [0, 0.1) is 0 Å². The minimum Gasteiger partial charge on any atom is -0.0622 e. The van der Waals surface area contributed by atoms with Crippen LogP contribution in [-0.2, 0) is 0 Å². The van der Waals surface area contributed by atoms with Crippen molar-refractivity contribution in [3.05, 3.63) is 240 Å². The molecule has 0 bridgehead atoms. The van der Waals surface area contributed by atoms with Crippen LogP contribution in [0.15, 0.2) is 212 Å². The van der Waals surface area contributed by atoms with Crippen molar-refractivity contribution in [1.82, 2.24) is 0 Å². The molecule has 0 N–H and O–H groups in total. The molecule has 0 saturated carbocycles. The van der Waals surface area contributed by atoms with Gasteiger partial charge in [-0.05, 0) is 123 Å². The van der Waals surface area contributed by atoms with E-state index < -0.39 is 0 Å². The SMILES string of the molecule is C(=C\c1cccc(-c2ccc(C3c4ccccc4-c4cc(-c5c6ccccc6c(-c6ccc7ccccc7c6)c6ccccc56)ccc43)cc2)c1)/c1ccccc1. The summed E-state index contributed by atoms with van der Waals surface area (Å²) in [6.07, 6.45) is 4.37. The second-order valence-electron chi connectivity index (χ2n) is 15.2. The Kier molecular flexibility index (Phi) is 8.00. The van der Waals surface area contributed by atoms with Gasteiger partial charge in [0, 0.05) is 5.92 Å². The van der Waals surface area contributed by atoms with Crippen LogP contribution in [0.3, 0.4) is 0 Å². The van der Waals surface area contributed by atoms with Crippen LogP contribution in [0.1, 0.15) is 33.7 Å². The first-order chi connectivity index (χ1) is 28.3. The zero-order chi connectivity index (χ0) is 37.7. The smallest absolute Gasteiger partial charge is 0.0352 e. The van der Waals surface area contributed by atoms with Crippen molar-refractivity contribution in [2.75, 3.05) is 0 Å². The first-order valence-electron chi connectivity index (χ1n) is 19.9. The minimum atomic E-state index is 0.170. The maximum Gasteiger partial charge on any atom is 0.0352 e. The van der Waals surface area contributed by atoms with Gasteiger partial charge < -0.3 is 0 Å². The summed E-state index contributed by atoms with van der Waals surface area (Å²) in [6.45, 7) is 0. The third kappa shape index (κ3) is 5.77. The predicted molar refractivity (Wildman–Crippen MR) is 243 cm³/mol. The van der Waals surface area contributed by atoms with Crippen LogP contribution in [0.4, 0.5) is 0 Å². The molecule has 1 aliphatic carbocycles. The summed E-state index contributed by atoms with van der Waals surface area (Å²) < 4.78 is 0. The first kappa shape index (κ1) is 33.1. The molecule has 1 atom stereocenters. The second-order valence-corrected chi connectivity index (χ2v) is 15.2. The van der Waals surface area contributed by atoms with E-state index in [1.807, 2.05) is 0 Å². The van der Waals surface area contributed by atoms with Gasteiger partial charge in [0.15, 0.2) is 0 Å². The number of fused-ring (bicyclic) bond motifs is 6. The van der Waals surface area contributed by atoms with Gasteiger partial charge in [0.2, 0.25) is 0 Å². The Bertz CT molecular complexity index is 3110. The summed E-state index contributed by atoms with van der Waals surface area (Å²) in [4.78, 5) is 0. The number of rotatable bonds is 6. The summed E-state index contributed by atoms with van der Waals surface area (Å²) in [5, 5.41) is 7.62. The van der Waals surface area contributed by atoms with E-state index in [1.165, 1.54) is 105 Å². The molecule has 0 aromatic heterocycles. The molecule has 57 heavy (non-hydrogen) atoms. The van der Waals surface area contributed by atoms with Crippen LogP contribution >= 0.6 is 0 Å². The molecular weight excluding hydrogens is 685 g/mol. The molecule has 0 spiro atoms. The molecule has 266 valence electrons. The van der Waals surface area contributed by atoms with E-state index in [0.717, 1.165) is 0 Å². The summed E-state index contributed by atoms with van der Waals surface area (Å²) >= 11 is 0. The number of hydrogen-bond donors (Lipinski definition) is 0. The average Bonchev–Trinajstić information content (AvgIpc) is 3.61. The Labute approximate surface area is 333 Å². The normalized spacial score (nSPS) is 13.4. The van der Waals surface area contributed by atoms with Gasteiger partial charge in [0.1, 0.15) is 0 Å². The van der Waals surface area contributed by atoms with E-state index in [4.69, 9.17) is 0 Å². The number of hydrogen-bond acceptors (Lipinski definition) is 0. The fraction of sp³-hybridized carbons (Fsp3) is 0.0175. The highest BCUT2D eigenvalue weighted by molar-refractivity contribution is 6.22. The maximum atomic E-state index is 2.46. The first-order valence-corrected chi connectivity index (χ1v) is 19.9. The standard InChI is InChI=1S/C57H38/c1-2-13-38(14-3-1)25-26-39-15-12-18-43(35-39)41-27-30-42(31-28-41)55-48-20-7-6-19-47(48)54-37-46(33-34-53(54)55)57-51-23-10-8-21-49(51)56(50-22-9-11-24-52(50)57)45-32-29-40-16-4-5-17-44(40)36-45/h1-37,55H/b26-25+. The van der Waals surface area contributed by atoms with Gasteiger partial charge in [-0.3, -0.25) is 0 Å². The Morgan fingerprint density at radius 1 is 0.298 bits per heavy atom. The average molecular weight is 723 g/mol. The second kappa shape index (κ2) is 13.8. The Morgan fingerprint density at radius 2 is 0.842 bits per heavy atom. The summed E-state index contributed by atoms with van der Waals surface area (Å²) in [7, 11) is 0. The lowest BCUT2D eigenvalue weighted by atomic mass is 9.84. The summed E-state index contributed by atoms with van der Waals surface area (Å²) in [6, 6.07) is 78.2. The molecule has 0 amide bonds. The fourth-order valence-electron chi connectivity index (χ4n) is 9.26. The van der Waals surface area contributed by atoms with E-state index in [9.17, 15) is 0 Å². The summed E-state index contributed by atoms with van der Waals surface area (Å²) in [5.74, 6) is 0.170. The molecule has 11 rings (SSSR count). The molecule has 0 fully saturated rings. The minimum absolute atomic E-state index is 0.170. The van der Waals surface area contributed by atoms with Gasteiger partial charge in [0.25, 0.3) is 0 Å². The molecule has 0 saturated heterocycles. The highest BCUT2D eigenvalue weighted by Crippen LogP contribution is 2.51. The van der Waals surface area contributed by atoms with Crippen LogP contribution in [0.5, 0.6) is 0 Å². The highest BCUT2D eigenvalue weighted by atomic mass is 14.3. The van der Waals surface area contributed by atoms with Crippen molar-refractivity contribution in [3.8, 4) is 44.5 Å². The monoisotopic (exact) mass is 722 g/mol. The van der Waals surface area contributed by atoms with Crippen molar-refractivity contribution >= 4 is 44.5 Å². The topological polar surface area (TPSA) is 0 Å². The van der Waals surface area contributed by atoms with Crippen LogP contribution in [0.2, 0.25) is 0 Å². The zero-order valence-corrected chi connectivity index (χ0v) is 31.4. The lowest BCUT2D eigenvalue weighted by Gasteiger charge is -2.19. The maximum absolute atomic E-state index is 2.46. The fourth-order valence-corrected chi connectivity index (χ4v) is 9.26. The Hall–Kier alpha value is -7.28. The van der Waals surface area contributed by atoms with Gasteiger partial charge in [0.05, 0.1) is 0 Å². The Morgan fingerprint density at radius 3 is 1.58 bits per heavy atom. The molecule has 10 aromatic rings. The van der Waals surface area contributed by atoms with Gasteiger partial charge in [-0.1, -0.05) is 206 Å². The summed E-state index contributed by atoms with van der Waals surface area (Å²) in [5.41, 5.74) is 16.6. The quantitative estimate of drug-likeness (QED) is 0.118. The molecule has 10 aromatic carbocycles. The molecule has 1 aliphatic rings. The molecule has 0 radical (unpaired) electrons. The lowest BCUT2D eigenvalue weighted by Crippen LogP contribution is -1.99. The molecule has 0 heteroatoms. The van der Waals surface area contributed by atoms with Gasteiger partial charge in [-0.15, -0.1) is 0 Å². The van der Waals surface area contributed by atoms with Crippen molar-refractivity contribution in [2.45, 2.75) is 5.92 Å². The molecule has 0 heterocycles. The van der Waals surface area contributed by atoms with Gasteiger partial charge in [-0.2, -0.15) is 0 Å². The molecule has 1 unspecified atom stereocenters. The van der Waals surface area contributed by atoms with Crippen LogP contribution in [-0.4, -0.2) is 0 Å². The van der Waals surface area contributed by atoms with Crippen LogP contribution in [0.25, 0.3) is 89.0 Å². The van der Waals surface area contributed by atoms with Crippen molar-refractivity contribution in [1.29, 1.82) is 0 Å². The largest absolute Gasteiger partial charge is 0.0622 e. The van der Waals surface area contributed by atoms with E-state index in [2.05, 4.69) is 224 Å². The Balaban J connectivity index is 1.000. The van der Waals surface area contributed by atoms with E-state index >= 15 is 0 Å². The van der Waals surface area contributed by atoms with Crippen molar-refractivity contribution in [2.24, 2.45) is 0 Å². The third-order valence-corrected chi connectivity index (χ3v) is 11.9. The zero-order valence-electron chi connectivity index (χ0n) is 31.4. The van der Waals surface area contributed by atoms with E-state index in [-0.39, 0.29) is 5.92 Å². The van der Waals surface area contributed by atoms with Crippen LogP contribution < -0.4 is 0 Å². The van der Waals surface area contributed by atoms with E-state index in [1.54, 1.807) is 0 Å². The lowest BCUT2D eigenvalue weighted by molar-refractivity contribution is 1.02.